The van der Waals surface area contributed by atoms with E-state index in [1.807, 2.05) is 12.1 Å². The summed E-state index contributed by atoms with van der Waals surface area (Å²) in [4.78, 5) is 0. The number of benzene rings is 6. The van der Waals surface area contributed by atoms with Gasteiger partial charge in [-0.25, -0.2) is 0 Å². The summed E-state index contributed by atoms with van der Waals surface area (Å²) in [5.41, 5.74) is 7.93. The van der Waals surface area contributed by atoms with Gasteiger partial charge >= 0.3 is 0 Å². The Morgan fingerprint density at radius 3 is 1.82 bits per heavy atom. The molecule has 0 amide bonds. The van der Waals surface area contributed by atoms with Gasteiger partial charge in [0.05, 0.1) is 44.9 Å². The average Bonchev–Trinajstić information content (AvgIpc) is 3.61. The highest BCUT2D eigenvalue weighted by molar-refractivity contribution is 14.1. The van der Waals surface area contributed by atoms with Gasteiger partial charge in [0.15, 0.2) is 0 Å². The van der Waals surface area contributed by atoms with Crippen LogP contribution in [0.5, 0.6) is 0 Å². The first-order valence-electron chi connectivity index (χ1n) is 12.7. The van der Waals surface area contributed by atoms with Crippen LogP contribution in [0.2, 0.25) is 0 Å². The highest BCUT2D eigenvalue weighted by Crippen LogP contribution is 2.46. The van der Waals surface area contributed by atoms with Crippen LogP contribution in [0, 0.1) is 0 Å². The first-order valence-corrected chi connectivity index (χ1v) is 13.7. The molecule has 0 aliphatic rings. The molecule has 0 unspecified atom stereocenters. The van der Waals surface area contributed by atoms with Gasteiger partial charge < -0.3 is 8.98 Å². The SMILES string of the molecule is In1c2ccccc2c2c3c4ccccc4n(-c4ccc5oc6ccccc6c5c4)c3c3ccccc3c21. The molecule has 0 saturated heterocycles. The van der Waals surface area contributed by atoms with Crippen LogP contribution in [0.1, 0.15) is 0 Å². The standard InChI is InChI=1S/C34H19IN2O/c35-37-28-15-7-4-13-25(28)32-31-24-12-3-6-14-27(24)36(33(31)22-10-1-2-11-23(22)34(32)37)20-17-18-30-26(19-20)21-9-5-8-16-29(21)38-30/h1-19H. The number of hydrogen-bond donors (Lipinski definition) is 0. The molecule has 9 rings (SSSR count). The summed E-state index contributed by atoms with van der Waals surface area (Å²) in [5, 5.41) is 9.97. The van der Waals surface area contributed by atoms with E-state index in [1.165, 1.54) is 54.4 Å². The lowest BCUT2D eigenvalue weighted by molar-refractivity contribution is 0.669. The van der Waals surface area contributed by atoms with Crippen molar-refractivity contribution in [2.45, 2.75) is 0 Å². The lowest BCUT2D eigenvalue weighted by Crippen LogP contribution is -1.94. The molecule has 0 fully saturated rings. The van der Waals surface area contributed by atoms with E-state index in [-0.39, 0.29) is 0 Å². The number of nitrogens with zero attached hydrogens (tertiary/aromatic N) is 2. The van der Waals surface area contributed by atoms with Crippen molar-refractivity contribution in [3.05, 3.63) is 115 Å². The quantitative estimate of drug-likeness (QED) is 0.173. The van der Waals surface area contributed by atoms with E-state index < -0.39 is 0 Å². The molecule has 6 aromatic carbocycles. The van der Waals surface area contributed by atoms with Crippen LogP contribution in [-0.2, 0) is 0 Å². The summed E-state index contributed by atoms with van der Waals surface area (Å²) in [7, 11) is 0. The average molecular weight is 598 g/mol. The zero-order valence-corrected chi connectivity index (χ0v) is 22.3. The van der Waals surface area contributed by atoms with Gasteiger partial charge in [0, 0.05) is 48.8 Å². The molecule has 3 nitrogen and oxygen atoms in total. The molecule has 0 aliphatic heterocycles. The molecule has 9 aromatic rings. The molecule has 0 saturated carbocycles. The minimum atomic E-state index is 0.913. The third kappa shape index (κ3) is 2.53. The molecular formula is C34H19IN2O. The van der Waals surface area contributed by atoms with E-state index in [0.29, 0.717) is 0 Å². The molecular weight excluding hydrogens is 579 g/mol. The normalized spacial score (nSPS) is 12.3. The zero-order chi connectivity index (χ0) is 25.0. The smallest absolute Gasteiger partial charge is 0.135 e. The van der Waals surface area contributed by atoms with E-state index in [2.05, 4.69) is 133 Å². The maximum atomic E-state index is 6.17. The van der Waals surface area contributed by atoms with Crippen molar-refractivity contribution in [2.75, 3.05) is 0 Å². The number of rotatable bonds is 1. The molecule has 0 spiro atoms. The van der Waals surface area contributed by atoms with Crippen molar-refractivity contribution in [3.8, 4) is 5.69 Å². The molecule has 0 radical (unpaired) electrons. The Labute approximate surface area is 231 Å². The molecule has 38 heavy (non-hydrogen) atoms. The van der Waals surface area contributed by atoms with Crippen LogP contribution >= 0.6 is 22.9 Å². The van der Waals surface area contributed by atoms with Crippen LogP contribution in [0.15, 0.2) is 120 Å². The third-order valence-corrected chi connectivity index (χ3v) is 9.00. The van der Waals surface area contributed by atoms with Gasteiger partial charge in [-0.05, 0) is 36.4 Å². The Morgan fingerprint density at radius 2 is 1.03 bits per heavy atom. The Hall–Kier alpha value is -4.29. The fourth-order valence-electron chi connectivity index (χ4n) is 6.46. The van der Waals surface area contributed by atoms with Crippen LogP contribution in [0.25, 0.3) is 82.0 Å². The molecule has 0 bridgehead atoms. The van der Waals surface area contributed by atoms with Gasteiger partial charge in [0.1, 0.15) is 11.2 Å². The maximum absolute atomic E-state index is 6.17. The summed E-state index contributed by atoms with van der Waals surface area (Å²) in [6, 6.07) is 41.3. The molecule has 3 aromatic heterocycles. The molecule has 0 aliphatic carbocycles. The molecule has 4 heteroatoms. The van der Waals surface area contributed by atoms with E-state index in [1.54, 1.807) is 0 Å². The van der Waals surface area contributed by atoms with Crippen molar-refractivity contribution in [3.63, 3.8) is 0 Å². The van der Waals surface area contributed by atoms with Gasteiger partial charge in [-0.1, -0.05) is 78.9 Å². The summed E-state index contributed by atoms with van der Waals surface area (Å²) in [5.74, 6) is 0. The number of halogens is 1. The van der Waals surface area contributed by atoms with Crippen LogP contribution in [0.3, 0.4) is 0 Å². The van der Waals surface area contributed by atoms with E-state index >= 15 is 0 Å². The second kappa shape index (κ2) is 7.39. The van der Waals surface area contributed by atoms with E-state index in [9.17, 15) is 0 Å². The number of fused-ring (bicyclic) bond motifs is 13. The Bertz CT molecular complexity index is 2420. The van der Waals surface area contributed by atoms with E-state index in [4.69, 9.17) is 4.42 Å². The highest BCUT2D eigenvalue weighted by atomic mass is 127. The molecule has 3 heterocycles. The fraction of sp³-hybridized carbons (Fsp3) is 0. The topological polar surface area (TPSA) is 23.0 Å². The van der Waals surface area contributed by atoms with Crippen LogP contribution in [0.4, 0.5) is 0 Å². The minimum Gasteiger partial charge on any atom is -0.456 e. The summed E-state index contributed by atoms with van der Waals surface area (Å²) in [6.45, 7) is 0. The highest BCUT2D eigenvalue weighted by Gasteiger charge is 2.23. The second-order valence-electron chi connectivity index (χ2n) is 9.92. The number of furan rings is 1. The molecule has 0 atom stereocenters. The Kier molecular flexibility index (Phi) is 4.03. The predicted octanol–water partition coefficient (Wildman–Crippen LogP) is 10.1. The van der Waals surface area contributed by atoms with E-state index in [0.717, 1.165) is 27.6 Å². The van der Waals surface area contributed by atoms with Crippen molar-refractivity contribution in [2.24, 2.45) is 0 Å². The first-order chi connectivity index (χ1) is 18.8. The van der Waals surface area contributed by atoms with Crippen molar-refractivity contribution < 1.29 is 4.42 Å². The Morgan fingerprint density at radius 1 is 0.474 bits per heavy atom. The monoisotopic (exact) mass is 598 g/mol. The summed E-state index contributed by atoms with van der Waals surface area (Å²) in [6.07, 6.45) is 0. The van der Waals surface area contributed by atoms with Gasteiger partial charge in [-0.15, -0.1) is 0 Å². The number of aromatic nitrogens is 2. The lowest BCUT2D eigenvalue weighted by Gasteiger charge is -2.11. The molecule has 0 N–H and O–H groups in total. The van der Waals surface area contributed by atoms with Crippen molar-refractivity contribution >= 4 is 99.2 Å². The lowest BCUT2D eigenvalue weighted by atomic mass is 9.99. The predicted molar refractivity (Wildman–Crippen MR) is 168 cm³/mol. The fourth-order valence-corrected chi connectivity index (χ4v) is 7.38. The first kappa shape index (κ1) is 20.7. The van der Waals surface area contributed by atoms with Gasteiger partial charge in [-0.3, -0.25) is 2.78 Å². The van der Waals surface area contributed by atoms with Crippen molar-refractivity contribution in [1.82, 2.24) is 7.35 Å². The number of para-hydroxylation sites is 3. The summed E-state index contributed by atoms with van der Waals surface area (Å²) >= 11 is 2.47. The van der Waals surface area contributed by atoms with Crippen molar-refractivity contribution in [1.29, 1.82) is 0 Å². The van der Waals surface area contributed by atoms with Gasteiger partial charge in [0.2, 0.25) is 0 Å². The van der Waals surface area contributed by atoms with Crippen LogP contribution in [-0.4, -0.2) is 7.35 Å². The van der Waals surface area contributed by atoms with Gasteiger partial charge in [-0.2, -0.15) is 0 Å². The van der Waals surface area contributed by atoms with Gasteiger partial charge in [0.25, 0.3) is 0 Å². The van der Waals surface area contributed by atoms with Crippen LogP contribution < -0.4 is 0 Å². The number of hydrogen-bond acceptors (Lipinski definition) is 1. The minimum absolute atomic E-state index is 0.913. The molecule has 178 valence electrons. The third-order valence-electron chi connectivity index (χ3n) is 8.00. The largest absolute Gasteiger partial charge is 0.456 e. The second-order valence-corrected chi connectivity index (χ2v) is 10.9. The summed E-state index contributed by atoms with van der Waals surface area (Å²) < 4.78 is 11.0. The maximum Gasteiger partial charge on any atom is 0.135 e. The zero-order valence-electron chi connectivity index (χ0n) is 20.2. The Balaban J connectivity index is 1.57.